The van der Waals surface area contributed by atoms with Gasteiger partial charge in [-0.25, -0.2) is 4.68 Å². The van der Waals surface area contributed by atoms with Crippen LogP contribution in [0.5, 0.6) is 0 Å². The molecule has 0 bridgehead atoms. The smallest absolute Gasteiger partial charge is 0.167 e. The number of hydrogen-bond donors (Lipinski definition) is 0. The van der Waals surface area contributed by atoms with Crippen LogP contribution in [-0.4, -0.2) is 45.6 Å². The second-order valence-electron chi connectivity index (χ2n) is 7.78. The van der Waals surface area contributed by atoms with E-state index in [1.807, 2.05) is 16.8 Å². The molecule has 2 aromatic heterocycles. The van der Waals surface area contributed by atoms with E-state index in [4.69, 9.17) is 5.10 Å². The minimum Gasteiger partial charge on any atom is -0.306 e. The Morgan fingerprint density at radius 3 is 2.61 bits per heavy atom. The highest BCUT2D eigenvalue weighted by atomic mass is 127. The lowest BCUT2D eigenvalue weighted by Crippen LogP contribution is -2.41. The molecule has 142 valence electrons. The van der Waals surface area contributed by atoms with Gasteiger partial charge in [0.1, 0.15) is 5.69 Å². The zero-order valence-corrected chi connectivity index (χ0v) is 17.8. The molecule has 1 aromatic carbocycles. The molecular formula is C22H21IN4O. The molecule has 5 rings (SSSR count). The fourth-order valence-electron chi connectivity index (χ4n) is 4.60. The molecule has 0 amide bonds. The van der Waals surface area contributed by atoms with Crippen LogP contribution < -0.4 is 0 Å². The first-order chi connectivity index (χ1) is 13.6. The van der Waals surface area contributed by atoms with Crippen molar-refractivity contribution in [3.05, 3.63) is 63.6 Å². The summed E-state index contributed by atoms with van der Waals surface area (Å²) in [6.07, 6.45) is 5.21. The maximum Gasteiger partial charge on any atom is 0.167 e. The summed E-state index contributed by atoms with van der Waals surface area (Å²) in [4.78, 5) is 19.7. The van der Waals surface area contributed by atoms with Gasteiger partial charge in [-0.15, -0.1) is 0 Å². The molecule has 0 N–H and O–H groups in total. The number of carbonyl (C=O) groups is 1. The molecule has 1 aliphatic carbocycles. The summed E-state index contributed by atoms with van der Waals surface area (Å²) in [7, 11) is 2.17. The number of Topliss-reactive ketones (excluding diaryl/α,β-unsaturated/α-hetero) is 1. The van der Waals surface area contributed by atoms with Gasteiger partial charge in [0.2, 0.25) is 0 Å². The van der Waals surface area contributed by atoms with Gasteiger partial charge >= 0.3 is 0 Å². The molecule has 0 saturated carbocycles. The highest BCUT2D eigenvalue weighted by Gasteiger charge is 2.42. The molecule has 6 heteroatoms. The van der Waals surface area contributed by atoms with Crippen molar-refractivity contribution < 1.29 is 4.79 Å². The van der Waals surface area contributed by atoms with Crippen molar-refractivity contribution in [2.75, 3.05) is 20.1 Å². The number of hydrogen-bond acceptors (Lipinski definition) is 4. The van der Waals surface area contributed by atoms with Crippen LogP contribution in [0.3, 0.4) is 0 Å². The van der Waals surface area contributed by atoms with Crippen LogP contribution in [0.4, 0.5) is 0 Å². The Labute approximate surface area is 177 Å². The number of fused-ring (bicyclic) bond motifs is 3. The maximum atomic E-state index is 13.2. The second-order valence-corrected chi connectivity index (χ2v) is 9.02. The van der Waals surface area contributed by atoms with Crippen LogP contribution in [0.25, 0.3) is 16.9 Å². The minimum absolute atomic E-state index is 0.226. The molecule has 2 unspecified atom stereocenters. The molecule has 1 aliphatic heterocycles. The fraction of sp³-hybridized carbons (Fsp3) is 0.318. The number of benzene rings is 1. The van der Waals surface area contributed by atoms with Gasteiger partial charge in [-0.3, -0.25) is 9.78 Å². The highest BCUT2D eigenvalue weighted by Crippen LogP contribution is 2.44. The van der Waals surface area contributed by atoms with Gasteiger partial charge in [0.15, 0.2) is 5.78 Å². The maximum absolute atomic E-state index is 13.2. The second kappa shape index (κ2) is 7.08. The standard InChI is InChI=1S/C22H21IN4O/c1-26-11-8-15-12-19(28)20-21(14-6-9-24-10-7-14)25-27(22(20)18(15)13-26)17-4-2-16(23)3-5-17/h2-7,9-10,15,18H,8,11-13H2,1H3. The molecular weight excluding hydrogens is 463 g/mol. The molecule has 2 aliphatic rings. The molecule has 2 atom stereocenters. The molecule has 28 heavy (non-hydrogen) atoms. The third-order valence-corrected chi connectivity index (χ3v) is 6.70. The topological polar surface area (TPSA) is 51.0 Å². The van der Waals surface area contributed by atoms with Gasteiger partial charge in [0, 0.05) is 40.4 Å². The van der Waals surface area contributed by atoms with Crippen molar-refractivity contribution in [2.24, 2.45) is 5.92 Å². The van der Waals surface area contributed by atoms with E-state index in [1.165, 1.54) is 3.57 Å². The number of nitrogens with zero attached hydrogens (tertiary/aromatic N) is 4. The van der Waals surface area contributed by atoms with E-state index in [1.54, 1.807) is 12.4 Å². The number of likely N-dealkylation sites (N-methyl/N-ethyl adjacent to an activating group) is 1. The lowest BCUT2D eigenvalue weighted by atomic mass is 9.73. The first-order valence-corrected chi connectivity index (χ1v) is 10.7. The van der Waals surface area contributed by atoms with Gasteiger partial charge in [-0.05, 0) is 84.9 Å². The predicted molar refractivity (Wildman–Crippen MR) is 117 cm³/mol. The summed E-state index contributed by atoms with van der Waals surface area (Å²) in [5.74, 6) is 0.957. The monoisotopic (exact) mass is 484 g/mol. The lowest BCUT2D eigenvalue weighted by molar-refractivity contribution is 0.0884. The average molecular weight is 484 g/mol. The highest BCUT2D eigenvalue weighted by molar-refractivity contribution is 14.1. The zero-order valence-electron chi connectivity index (χ0n) is 15.7. The van der Waals surface area contributed by atoms with Crippen LogP contribution >= 0.6 is 22.6 Å². The van der Waals surface area contributed by atoms with Crippen LogP contribution in [0.15, 0.2) is 48.8 Å². The molecule has 0 spiro atoms. The van der Waals surface area contributed by atoms with Crippen molar-refractivity contribution in [3.63, 3.8) is 0 Å². The summed E-state index contributed by atoms with van der Waals surface area (Å²) < 4.78 is 3.21. The molecule has 1 saturated heterocycles. The summed E-state index contributed by atoms with van der Waals surface area (Å²) in [5.41, 5.74) is 4.64. The van der Waals surface area contributed by atoms with E-state index < -0.39 is 0 Å². The van der Waals surface area contributed by atoms with Gasteiger partial charge < -0.3 is 4.90 Å². The van der Waals surface area contributed by atoms with E-state index in [2.05, 4.69) is 63.8 Å². The Kier molecular flexibility index (Phi) is 4.55. The van der Waals surface area contributed by atoms with Crippen LogP contribution in [0, 0.1) is 9.49 Å². The van der Waals surface area contributed by atoms with Crippen molar-refractivity contribution in [3.8, 4) is 16.9 Å². The minimum atomic E-state index is 0.226. The predicted octanol–water partition coefficient (Wildman–Crippen LogP) is 4.16. The van der Waals surface area contributed by atoms with Crippen molar-refractivity contribution in [1.29, 1.82) is 0 Å². The Hall–Kier alpha value is -2.06. The van der Waals surface area contributed by atoms with Crippen LogP contribution in [0.1, 0.15) is 34.8 Å². The number of pyridine rings is 1. The summed E-state index contributed by atoms with van der Waals surface area (Å²) in [5, 5.41) is 4.98. The van der Waals surface area contributed by atoms with Gasteiger partial charge in [-0.2, -0.15) is 5.10 Å². The third kappa shape index (κ3) is 2.99. The Morgan fingerprint density at radius 2 is 1.86 bits per heavy atom. The SMILES string of the molecule is CN1CCC2CC(=O)c3c(-c4ccncc4)nn(-c4ccc(I)cc4)c3C2C1. The van der Waals surface area contributed by atoms with Crippen LogP contribution in [0.2, 0.25) is 0 Å². The lowest BCUT2D eigenvalue weighted by Gasteiger charge is -2.39. The quantitative estimate of drug-likeness (QED) is 0.513. The summed E-state index contributed by atoms with van der Waals surface area (Å²) >= 11 is 2.31. The average Bonchev–Trinajstić information content (AvgIpc) is 3.11. The van der Waals surface area contributed by atoms with Gasteiger partial charge in [0.05, 0.1) is 16.9 Å². The van der Waals surface area contributed by atoms with E-state index in [-0.39, 0.29) is 5.78 Å². The summed E-state index contributed by atoms with van der Waals surface area (Å²) in [6.45, 7) is 2.02. The first kappa shape index (κ1) is 18.0. The number of likely N-dealkylation sites (tertiary alicyclic amines) is 1. The fourth-order valence-corrected chi connectivity index (χ4v) is 4.96. The van der Waals surface area contributed by atoms with E-state index in [9.17, 15) is 4.79 Å². The van der Waals surface area contributed by atoms with Crippen molar-refractivity contribution in [2.45, 2.75) is 18.8 Å². The first-order valence-electron chi connectivity index (χ1n) is 9.63. The van der Waals surface area contributed by atoms with E-state index in [0.717, 1.165) is 47.7 Å². The number of ketones is 1. The van der Waals surface area contributed by atoms with Crippen LogP contribution in [-0.2, 0) is 0 Å². The summed E-state index contributed by atoms with van der Waals surface area (Å²) in [6, 6.07) is 12.2. The molecule has 3 aromatic rings. The molecule has 1 fully saturated rings. The largest absolute Gasteiger partial charge is 0.306 e. The van der Waals surface area contributed by atoms with Crippen molar-refractivity contribution in [1.82, 2.24) is 19.7 Å². The van der Waals surface area contributed by atoms with E-state index in [0.29, 0.717) is 18.3 Å². The normalized spacial score (nSPS) is 22.0. The molecule has 5 nitrogen and oxygen atoms in total. The Morgan fingerprint density at radius 1 is 1.11 bits per heavy atom. The number of carbonyl (C=O) groups excluding carboxylic acids is 1. The van der Waals surface area contributed by atoms with Gasteiger partial charge in [0.25, 0.3) is 0 Å². The number of halogens is 1. The molecule has 0 radical (unpaired) electrons. The zero-order chi connectivity index (χ0) is 19.3. The van der Waals surface area contributed by atoms with Gasteiger partial charge in [-0.1, -0.05) is 0 Å². The number of rotatable bonds is 2. The number of piperidine rings is 1. The molecule has 3 heterocycles. The van der Waals surface area contributed by atoms with E-state index >= 15 is 0 Å². The van der Waals surface area contributed by atoms with Crippen molar-refractivity contribution >= 4 is 28.4 Å². The number of aromatic nitrogens is 3. The Bertz CT molecular complexity index is 1030. The third-order valence-electron chi connectivity index (χ3n) is 5.98. The Balaban J connectivity index is 1.75.